The Bertz CT molecular complexity index is 458. The Morgan fingerprint density at radius 1 is 1.33 bits per heavy atom. The quantitative estimate of drug-likeness (QED) is 0.748. The van der Waals surface area contributed by atoms with Gasteiger partial charge in [-0.05, 0) is 33.8 Å². The van der Waals surface area contributed by atoms with Gasteiger partial charge in [0.05, 0.1) is 22.8 Å². The van der Waals surface area contributed by atoms with Gasteiger partial charge in [0.2, 0.25) is 0 Å². The van der Waals surface area contributed by atoms with E-state index in [0.717, 1.165) is 5.59 Å². The average Bonchev–Trinajstić information content (AvgIpc) is 2.73. The van der Waals surface area contributed by atoms with Crippen molar-refractivity contribution in [3.05, 3.63) is 12.3 Å². The van der Waals surface area contributed by atoms with Crippen molar-refractivity contribution < 1.29 is 13.7 Å². The van der Waals surface area contributed by atoms with E-state index in [9.17, 15) is 4.39 Å². The molecule has 0 radical (unpaired) electrons. The number of nitrogens with zero attached hydrogens (tertiary/aromatic N) is 2. The number of halogens is 1. The lowest BCUT2D eigenvalue weighted by Gasteiger charge is -2.32. The number of rotatable bonds is 2. The van der Waals surface area contributed by atoms with Crippen molar-refractivity contribution >= 4 is 12.7 Å². The molecule has 3 rings (SSSR count). The maximum absolute atomic E-state index is 13.2. The molecule has 4 nitrogen and oxygen atoms in total. The van der Waals surface area contributed by atoms with Crippen LogP contribution in [-0.4, -0.2) is 34.3 Å². The summed E-state index contributed by atoms with van der Waals surface area (Å²) in [7, 11) is -0.467. The minimum Gasteiger partial charge on any atom is -0.398 e. The number of hydrogen-bond donors (Lipinski definition) is 0. The number of hydrogen-bond acceptors (Lipinski definition) is 3. The Hall–Kier alpha value is -0.875. The van der Waals surface area contributed by atoms with Crippen molar-refractivity contribution in [2.45, 2.75) is 57.5 Å². The lowest BCUT2D eigenvalue weighted by molar-refractivity contribution is 0.00578. The van der Waals surface area contributed by atoms with Crippen molar-refractivity contribution in [2.24, 2.45) is 0 Å². The first-order chi connectivity index (χ1) is 8.32. The summed E-state index contributed by atoms with van der Waals surface area (Å²) in [6.45, 7) is 8.01. The second kappa shape index (κ2) is 3.57. The van der Waals surface area contributed by atoms with Crippen molar-refractivity contribution in [3.8, 4) is 0 Å². The van der Waals surface area contributed by atoms with Gasteiger partial charge in [-0.25, -0.2) is 4.39 Å². The van der Waals surface area contributed by atoms with Gasteiger partial charge in [-0.3, -0.25) is 4.68 Å². The highest BCUT2D eigenvalue weighted by molar-refractivity contribution is 6.61. The van der Waals surface area contributed by atoms with E-state index in [1.54, 1.807) is 10.9 Å². The van der Waals surface area contributed by atoms with Crippen molar-refractivity contribution in [2.75, 3.05) is 0 Å². The number of aromatic nitrogens is 2. The Kier molecular flexibility index (Phi) is 2.42. The van der Waals surface area contributed by atoms with Gasteiger partial charge in [0.1, 0.15) is 6.17 Å². The van der Waals surface area contributed by atoms with Gasteiger partial charge in [-0.15, -0.1) is 0 Å². The fourth-order valence-corrected chi connectivity index (χ4v) is 2.16. The second-order valence-electron chi connectivity index (χ2n) is 6.11. The van der Waals surface area contributed by atoms with Gasteiger partial charge in [-0.1, -0.05) is 0 Å². The number of alkyl halides is 1. The molecule has 2 fully saturated rings. The first kappa shape index (κ1) is 12.2. The van der Waals surface area contributed by atoms with Crippen molar-refractivity contribution in [1.82, 2.24) is 9.78 Å². The van der Waals surface area contributed by atoms with Crippen LogP contribution in [0.1, 0.15) is 40.2 Å². The van der Waals surface area contributed by atoms with Crippen LogP contribution in [0.15, 0.2) is 12.3 Å². The lowest BCUT2D eigenvalue weighted by Crippen LogP contribution is -2.41. The zero-order chi connectivity index (χ0) is 13.1. The smallest absolute Gasteiger partial charge is 0.398 e. The molecule has 2 aliphatic rings. The third-order valence-electron chi connectivity index (χ3n) is 4.19. The minimum absolute atomic E-state index is 0.144. The molecule has 98 valence electrons. The third kappa shape index (κ3) is 1.70. The zero-order valence-corrected chi connectivity index (χ0v) is 11.2. The van der Waals surface area contributed by atoms with Crippen molar-refractivity contribution in [1.29, 1.82) is 0 Å². The highest BCUT2D eigenvalue weighted by Gasteiger charge is 2.54. The summed E-state index contributed by atoms with van der Waals surface area (Å²) < 4.78 is 26.8. The molecule has 0 aromatic carbocycles. The molecule has 2 heterocycles. The molecule has 6 heteroatoms. The summed E-state index contributed by atoms with van der Waals surface area (Å²) in [6, 6.07) is 1.70. The molecule has 1 aromatic rings. The molecule has 0 bridgehead atoms. The van der Waals surface area contributed by atoms with E-state index in [0.29, 0.717) is 6.42 Å². The van der Waals surface area contributed by atoms with Crippen LogP contribution in [0.5, 0.6) is 0 Å². The van der Waals surface area contributed by atoms with Crippen molar-refractivity contribution in [3.63, 3.8) is 0 Å². The molecule has 1 saturated carbocycles. The molecule has 18 heavy (non-hydrogen) atoms. The zero-order valence-electron chi connectivity index (χ0n) is 11.2. The topological polar surface area (TPSA) is 36.3 Å². The summed E-state index contributed by atoms with van der Waals surface area (Å²) in [5.74, 6) is 0. The van der Waals surface area contributed by atoms with E-state index in [4.69, 9.17) is 9.31 Å². The fraction of sp³-hybridized carbons (Fsp3) is 0.750. The van der Waals surface area contributed by atoms with Crippen LogP contribution in [0.3, 0.4) is 0 Å². The SMILES string of the molecule is CC1(C)OB(c2ccnn2[C@H]2C[C@@H]2F)OC1(C)C. The van der Waals surface area contributed by atoms with Crippen LogP contribution >= 0.6 is 0 Å². The molecular weight excluding hydrogens is 234 g/mol. The van der Waals surface area contributed by atoms with Gasteiger partial charge < -0.3 is 9.31 Å². The Morgan fingerprint density at radius 3 is 2.39 bits per heavy atom. The first-order valence-corrected chi connectivity index (χ1v) is 6.35. The standard InChI is InChI=1S/C12H18BFN2O2/c1-11(2)12(3,4)18-13(17-11)10-5-6-15-16(10)9-7-8(9)14/h5-6,8-9H,7H2,1-4H3/t8-,9-/m0/s1. The highest BCUT2D eigenvalue weighted by atomic mass is 19.1. The second-order valence-corrected chi connectivity index (χ2v) is 6.11. The maximum atomic E-state index is 13.2. The van der Waals surface area contributed by atoms with Gasteiger partial charge >= 0.3 is 7.12 Å². The molecule has 1 aliphatic heterocycles. The van der Waals surface area contributed by atoms with Gasteiger partial charge in [0.15, 0.2) is 0 Å². The minimum atomic E-state index is -0.786. The molecule has 1 aliphatic carbocycles. The summed E-state index contributed by atoms with van der Waals surface area (Å²) >= 11 is 0. The van der Waals surface area contributed by atoms with Crippen LogP contribution in [0, 0.1) is 0 Å². The monoisotopic (exact) mass is 252 g/mol. The predicted molar refractivity (Wildman–Crippen MR) is 66.5 cm³/mol. The molecule has 0 unspecified atom stereocenters. The predicted octanol–water partition coefficient (Wildman–Crippen LogP) is 1.47. The van der Waals surface area contributed by atoms with Gasteiger partial charge in [0, 0.05) is 12.6 Å². The summed E-state index contributed by atoms with van der Waals surface area (Å²) in [5.41, 5.74) is 0.0374. The van der Waals surface area contributed by atoms with Gasteiger partial charge in [0.25, 0.3) is 0 Å². The maximum Gasteiger partial charge on any atom is 0.514 e. The normalized spacial score (nSPS) is 32.8. The van der Waals surface area contributed by atoms with Crippen LogP contribution in [0.2, 0.25) is 0 Å². The average molecular weight is 252 g/mol. The van der Waals surface area contributed by atoms with E-state index >= 15 is 0 Å². The summed E-state index contributed by atoms with van der Waals surface area (Å²) in [4.78, 5) is 0. The van der Waals surface area contributed by atoms with E-state index < -0.39 is 13.3 Å². The lowest BCUT2D eigenvalue weighted by atomic mass is 9.84. The van der Waals surface area contributed by atoms with Gasteiger partial charge in [-0.2, -0.15) is 5.10 Å². The molecule has 0 spiro atoms. The molecular formula is C12H18BFN2O2. The van der Waals surface area contributed by atoms with E-state index in [2.05, 4.69) is 5.10 Å². The van der Waals surface area contributed by atoms with Crippen LogP contribution in [-0.2, 0) is 9.31 Å². The molecule has 0 N–H and O–H groups in total. The Labute approximate surface area is 107 Å². The van der Waals surface area contributed by atoms with Crippen LogP contribution in [0.25, 0.3) is 0 Å². The molecule has 1 saturated heterocycles. The third-order valence-corrected chi connectivity index (χ3v) is 4.19. The summed E-state index contributed by atoms with van der Waals surface area (Å²) in [5, 5.41) is 4.19. The van der Waals surface area contributed by atoms with E-state index in [1.165, 1.54) is 0 Å². The Balaban J connectivity index is 1.87. The molecule has 0 amide bonds. The fourth-order valence-electron chi connectivity index (χ4n) is 2.16. The highest BCUT2D eigenvalue weighted by Crippen LogP contribution is 2.39. The first-order valence-electron chi connectivity index (χ1n) is 6.35. The molecule has 2 atom stereocenters. The Morgan fingerprint density at radius 2 is 1.89 bits per heavy atom. The van der Waals surface area contributed by atoms with E-state index in [-0.39, 0.29) is 17.2 Å². The van der Waals surface area contributed by atoms with Crippen LogP contribution in [0.4, 0.5) is 4.39 Å². The molecule has 1 aromatic heterocycles. The van der Waals surface area contributed by atoms with Crippen LogP contribution < -0.4 is 5.59 Å². The summed E-state index contributed by atoms with van der Waals surface area (Å²) in [6.07, 6.45) is 1.42. The largest absolute Gasteiger partial charge is 0.514 e. The van der Waals surface area contributed by atoms with E-state index in [1.807, 2.05) is 33.8 Å².